The third kappa shape index (κ3) is 5.22. The molecule has 22 heavy (non-hydrogen) atoms. The molecule has 2 rings (SSSR count). The monoisotopic (exact) mass is 326 g/mol. The van der Waals surface area contributed by atoms with Gasteiger partial charge in [0.25, 0.3) is 0 Å². The Bertz CT molecular complexity index is 589. The number of hydrogen-bond acceptors (Lipinski definition) is 4. The number of rotatable bonds is 6. The van der Waals surface area contributed by atoms with Crippen molar-refractivity contribution in [1.82, 2.24) is 10.2 Å². The number of benzene rings is 1. The average Bonchev–Trinajstić information content (AvgIpc) is 2.83. The van der Waals surface area contributed by atoms with E-state index in [9.17, 15) is 13.2 Å². The van der Waals surface area contributed by atoms with Gasteiger partial charge >= 0.3 is 6.03 Å². The zero-order valence-corrected chi connectivity index (χ0v) is 13.5. The van der Waals surface area contributed by atoms with E-state index in [2.05, 4.69) is 5.32 Å². The van der Waals surface area contributed by atoms with Crippen LogP contribution in [0.4, 0.5) is 4.79 Å². The maximum Gasteiger partial charge on any atom is 0.317 e. The van der Waals surface area contributed by atoms with Crippen molar-refractivity contribution in [2.45, 2.75) is 18.9 Å². The molecule has 6 nitrogen and oxygen atoms in total. The van der Waals surface area contributed by atoms with Crippen LogP contribution >= 0.6 is 0 Å². The molecule has 0 saturated carbocycles. The van der Waals surface area contributed by atoms with Crippen molar-refractivity contribution in [3.05, 3.63) is 30.3 Å². The van der Waals surface area contributed by atoms with Crippen molar-refractivity contribution in [2.75, 3.05) is 31.7 Å². The van der Waals surface area contributed by atoms with Gasteiger partial charge in [-0.1, -0.05) is 18.2 Å². The van der Waals surface area contributed by atoms with E-state index < -0.39 is 9.84 Å². The molecule has 1 heterocycles. The zero-order chi connectivity index (χ0) is 16.0. The maximum absolute atomic E-state index is 12.0. The molecular formula is C15H22N2O4S. The molecular weight excluding hydrogens is 304 g/mol. The topological polar surface area (TPSA) is 75.7 Å². The minimum Gasteiger partial charge on any atom is -0.494 e. The van der Waals surface area contributed by atoms with Gasteiger partial charge in [-0.2, -0.15) is 0 Å². The second-order valence-corrected chi connectivity index (χ2v) is 7.71. The van der Waals surface area contributed by atoms with Gasteiger partial charge < -0.3 is 15.0 Å². The fourth-order valence-electron chi connectivity index (χ4n) is 2.30. The van der Waals surface area contributed by atoms with Crippen LogP contribution in [-0.4, -0.2) is 57.1 Å². The van der Waals surface area contributed by atoms with Gasteiger partial charge in [0.15, 0.2) is 9.84 Å². The van der Waals surface area contributed by atoms with E-state index in [0.717, 1.165) is 5.75 Å². The lowest BCUT2D eigenvalue weighted by molar-refractivity contribution is 0.200. The summed E-state index contributed by atoms with van der Waals surface area (Å²) in [6.45, 7) is 1.08. The molecule has 1 aromatic rings. The first-order valence-electron chi connectivity index (χ1n) is 7.36. The third-order valence-corrected chi connectivity index (χ3v) is 5.32. The summed E-state index contributed by atoms with van der Waals surface area (Å²) >= 11 is 0. The Balaban J connectivity index is 1.64. The molecule has 0 aromatic heterocycles. The summed E-state index contributed by atoms with van der Waals surface area (Å²) < 4.78 is 28.3. The molecule has 1 aromatic carbocycles. The first-order chi connectivity index (χ1) is 10.5. The van der Waals surface area contributed by atoms with E-state index in [4.69, 9.17) is 4.74 Å². The number of amides is 2. The summed E-state index contributed by atoms with van der Waals surface area (Å²) in [6, 6.07) is 9.01. The number of ether oxygens (including phenoxy) is 1. The quantitative estimate of drug-likeness (QED) is 0.799. The van der Waals surface area contributed by atoms with Crippen molar-refractivity contribution in [1.29, 1.82) is 0 Å². The predicted molar refractivity (Wildman–Crippen MR) is 84.8 cm³/mol. The highest BCUT2D eigenvalue weighted by Gasteiger charge is 2.29. The van der Waals surface area contributed by atoms with Gasteiger partial charge in [0.1, 0.15) is 5.75 Å². The normalized spacial score (nSPS) is 19.6. The number of nitrogens with one attached hydrogen (secondary N) is 1. The summed E-state index contributed by atoms with van der Waals surface area (Å²) in [5.41, 5.74) is 0. The van der Waals surface area contributed by atoms with Gasteiger partial charge in [0, 0.05) is 19.6 Å². The lowest BCUT2D eigenvalue weighted by atomic mass is 10.3. The Labute approximate surface area is 131 Å². The maximum atomic E-state index is 12.0. The summed E-state index contributed by atoms with van der Waals surface area (Å²) in [5, 5.41) is 2.76. The first-order valence-corrected chi connectivity index (χ1v) is 9.18. The Hall–Kier alpha value is -1.76. The molecule has 1 fully saturated rings. The van der Waals surface area contributed by atoms with Crippen molar-refractivity contribution < 1.29 is 17.9 Å². The van der Waals surface area contributed by atoms with Crippen molar-refractivity contribution in [2.24, 2.45) is 0 Å². The van der Waals surface area contributed by atoms with Crippen LogP contribution in [0.15, 0.2) is 30.3 Å². The van der Waals surface area contributed by atoms with Crippen LogP contribution < -0.4 is 10.1 Å². The van der Waals surface area contributed by atoms with Crippen LogP contribution in [0.1, 0.15) is 12.8 Å². The highest BCUT2D eigenvalue weighted by molar-refractivity contribution is 7.91. The Morgan fingerprint density at radius 2 is 2.09 bits per heavy atom. The van der Waals surface area contributed by atoms with Gasteiger partial charge in [-0.15, -0.1) is 0 Å². The standard InChI is InChI=1S/C15H22N2O4S/c1-17(9-5-10-21-14-6-3-2-4-7-14)15(18)16-13-8-11-22(19,20)12-13/h2-4,6-7,13H,5,8-12H2,1H3,(H,16,18)/t13-/m1/s1. The highest BCUT2D eigenvalue weighted by Crippen LogP contribution is 2.11. The molecule has 1 atom stereocenters. The zero-order valence-electron chi connectivity index (χ0n) is 12.7. The minimum absolute atomic E-state index is 0.0453. The fourth-order valence-corrected chi connectivity index (χ4v) is 3.98. The number of carbonyl (C=O) groups is 1. The van der Waals surface area contributed by atoms with E-state index in [1.807, 2.05) is 30.3 Å². The molecule has 2 amide bonds. The van der Waals surface area contributed by atoms with Crippen molar-refractivity contribution in [3.8, 4) is 5.75 Å². The molecule has 1 aliphatic heterocycles. The van der Waals surface area contributed by atoms with Crippen LogP contribution in [0.3, 0.4) is 0 Å². The third-order valence-electron chi connectivity index (χ3n) is 3.56. The predicted octanol–water partition coefficient (Wildman–Crippen LogP) is 1.28. The molecule has 7 heteroatoms. The molecule has 0 aliphatic carbocycles. The number of carbonyl (C=O) groups excluding carboxylic acids is 1. The Morgan fingerprint density at radius 3 is 2.73 bits per heavy atom. The van der Waals surface area contributed by atoms with E-state index in [-0.39, 0.29) is 23.6 Å². The van der Waals surface area contributed by atoms with Crippen LogP contribution in [0.25, 0.3) is 0 Å². The smallest absolute Gasteiger partial charge is 0.317 e. The number of sulfone groups is 1. The SMILES string of the molecule is CN(CCCOc1ccccc1)C(=O)N[C@@H]1CCS(=O)(=O)C1. The first kappa shape index (κ1) is 16.6. The summed E-state index contributed by atoms with van der Waals surface area (Å²) in [4.78, 5) is 13.5. The van der Waals surface area contributed by atoms with Crippen LogP contribution in [-0.2, 0) is 9.84 Å². The van der Waals surface area contributed by atoms with Crippen LogP contribution in [0.5, 0.6) is 5.75 Å². The van der Waals surface area contributed by atoms with Gasteiger partial charge in [-0.25, -0.2) is 13.2 Å². The average molecular weight is 326 g/mol. The van der Waals surface area contributed by atoms with Crippen LogP contribution in [0.2, 0.25) is 0 Å². The van der Waals surface area contributed by atoms with Gasteiger partial charge in [0.2, 0.25) is 0 Å². The van der Waals surface area contributed by atoms with Crippen molar-refractivity contribution in [3.63, 3.8) is 0 Å². The van der Waals surface area contributed by atoms with Gasteiger partial charge in [0.05, 0.1) is 18.1 Å². The van der Waals surface area contributed by atoms with E-state index >= 15 is 0 Å². The van der Waals surface area contributed by atoms with Crippen molar-refractivity contribution >= 4 is 15.9 Å². The molecule has 0 radical (unpaired) electrons. The summed E-state index contributed by atoms with van der Waals surface area (Å²) in [5.74, 6) is 1.02. The number of para-hydroxylation sites is 1. The van der Waals surface area contributed by atoms with E-state index in [0.29, 0.717) is 26.0 Å². The summed E-state index contributed by atoms with van der Waals surface area (Å²) in [7, 11) is -1.28. The number of hydrogen-bond donors (Lipinski definition) is 1. The van der Waals surface area contributed by atoms with E-state index in [1.54, 1.807) is 11.9 Å². The lowest BCUT2D eigenvalue weighted by Crippen LogP contribution is -2.44. The number of nitrogens with zero attached hydrogens (tertiary/aromatic N) is 1. The second kappa shape index (κ2) is 7.49. The largest absolute Gasteiger partial charge is 0.494 e. The van der Waals surface area contributed by atoms with E-state index in [1.165, 1.54) is 0 Å². The molecule has 0 spiro atoms. The summed E-state index contributed by atoms with van der Waals surface area (Å²) in [6.07, 6.45) is 1.21. The molecule has 1 N–H and O–H groups in total. The molecule has 1 aliphatic rings. The number of urea groups is 1. The molecule has 0 bridgehead atoms. The lowest BCUT2D eigenvalue weighted by Gasteiger charge is -2.20. The molecule has 122 valence electrons. The fraction of sp³-hybridized carbons (Fsp3) is 0.533. The Kier molecular flexibility index (Phi) is 5.65. The minimum atomic E-state index is -2.97. The second-order valence-electron chi connectivity index (χ2n) is 5.49. The van der Waals surface area contributed by atoms with Gasteiger partial charge in [-0.3, -0.25) is 0 Å². The van der Waals surface area contributed by atoms with Gasteiger partial charge in [-0.05, 0) is 25.0 Å². The Morgan fingerprint density at radius 1 is 1.36 bits per heavy atom. The highest BCUT2D eigenvalue weighted by atomic mass is 32.2. The molecule has 0 unspecified atom stereocenters. The van der Waals surface area contributed by atoms with Crippen LogP contribution in [0, 0.1) is 0 Å². The molecule has 1 saturated heterocycles.